The van der Waals surface area contributed by atoms with Gasteiger partial charge in [-0.3, -0.25) is 0 Å². The third-order valence-electron chi connectivity index (χ3n) is 1.94. The predicted molar refractivity (Wildman–Crippen MR) is 58.3 cm³/mol. The Morgan fingerprint density at radius 1 is 1.07 bits per heavy atom. The second kappa shape index (κ2) is 6.27. The second-order valence-electron chi connectivity index (χ2n) is 3.06. The van der Waals surface area contributed by atoms with Gasteiger partial charge in [-0.2, -0.15) is 0 Å². The number of methoxy groups -OCH3 is 2. The van der Waals surface area contributed by atoms with Gasteiger partial charge in [0, 0.05) is 12.6 Å². The van der Waals surface area contributed by atoms with Gasteiger partial charge in [0.1, 0.15) is 11.5 Å². The van der Waals surface area contributed by atoms with Gasteiger partial charge in [0.15, 0.2) is 0 Å². The molecule has 1 rings (SSSR count). The Morgan fingerprint density at radius 3 is 2.13 bits per heavy atom. The molecule has 4 nitrogen and oxygen atoms in total. The molecule has 2 N–H and O–H groups in total. The standard InChI is InChI=1S/C11H17NO3/c1-13-10-5-9(8-15-4-3-12)6-11(7-10)14-2/h5-7H,3-4,8,12H2,1-2H3. The van der Waals surface area contributed by atoms with E-state index in [2.05, 4.69) is 0 Å². The predicted octanol–water partition coefficient (Wildman–Crippen LogP) is 1.18. The number of benzene rings is 1. The van der Waals surface area contributed by atoms with Crippen molar-refractivity contribution in [1.82, 2.24) is 0 Å². The molecule has 0 aliphatic heterocycles. The van der Waals surface area contributed by atoms with E-state index in [1.807, 2.05) is 18.2 Å². The van der Waals surface area contributed by atoms with Crippen LogP contribution in [0.5, 0.6) is 11.5 Å². The molecule has 0 aliphatic rings. The molecule has 0 spiro atoms. The Kier molecular flexibility index (Phi) is 4.93. The molecule has 84 valence electrons. The maximum absolute atomic E-state index is 5.33. The minimum atomic E-state index is 0.519. The number of hydrogen-bond acceptors (Lipinski definition) is 4. The Labute approximate surface area is 89.9 Å². The SMILES string of the molecule is COc1cc(COCCN)cc(OC)c1. The highest BCUT2D eigenvalue weighted by atomic mass is 16.5. The highest BCUT2D eigenvalue weighted by Gasteiger charge is 2.01. The monoisotopic (exact) mass is 211 g/mol. The maximum atomic E-state index is 5.33. The third kappa shape index (κ3) is 3.77. The number of nitrogens with two attached hydrogens (primary N) is 1. The van der Waals surface area contributed by atoms with Gasteiger partial charge in [-0.05, 0) is 17.7 Å². The Bertz CT molecular complexity index is 280. The minimum absolute atomic E-state index is 0.519. The van der Waals surface area contributed by atoms with Crippen molar-refractivity contribution in [3.05, 3.63) is 23.8 Å². The minimum Gasteiger partial charge on any atom is -0.497 e. The quantitative estimate of drug-likeness (QED) is 0.718. The van der Waals surface area contributed by atoms with E-state index in [1.165, 1.54) is 0 Å². The first-order valence-corrected chi connectivity index (χ1v) is 4.80. The van der Waals surface area contributed by atoms with Crippen LogP contribution in [0.3, 0.4) is 0 Å². The zero-order valence-electron chi connectivity index (χ0n) is 9.16. The molecule has 0 amide bonds. The van der Waals surface area contributed by atoms with Crippen molar-refractivity contribution in [2.24, 2.45) is 5.73 Å². The first-order valence-electron chi connectivity index (χ1n) is 4.80. The summed E-state index contributed by atoms with van der Waals surface area (Å²) in [7, 11) is 3.25. The molecule has 0 heterocycles. The molecule has 4 heteroatoms. The van der Waals surface area contributed by atoms with Crippen molar-refractivity contribution in [3.8, 4) is 11.5 Å². The first-order chi connectivity index (χ1) is 7.30. The van der Waals surface area contributed by atoms with Crippen molar-refractivity contribution in [1.29, 1.82) is 0 Å². The van der Waals surface area contributed by atoms with E-state index in [0.29, 0.717) is 19.8 Å². The lowest BCUT2D eigenvalue weighted by Gasteiger charge is -2.08. The Hall–Kier alpha value is -1.26. The summed E-state index contributed by atoms with van der Waals surface area (Å²) in [5.41, 5.74) is 6.34. The lowest BCUT2D eigenvalue weighted by atomic mass is 10.2. The molecular formula is C11H17NO3. The van der Waals surface area contributed by atoms with E-state index in [-0.39, 0.29) is 0 Å². The van der Waals surface area contributed by atoms with Gasteiger partial charge in [-0.25, -0.2) is 0 Å². The molecule has 0 aliphatic carbocycles. The Balaban J connectivity index is 2.68. The van der Waals surface area contributed by atoms with Gasteiger partial charge in [0.25, 0.3) is 0 Å². The van der Waals surface area contributed by atoms with Gasteiger partial charge >= 0.3 is 0 Å². The summed E-state index contributed by atoms with van der Waals surface area (Å²) in [6.07, 6.45) is 0. The molecule has 1 aromatic carbocycles. The van der Waals surface area contributed by atoms with E-state index >= 15 is 0 Å². The van der Waals surface area contributed by atoms with Gasteiger partial charge in [0.2, 0.25) is 0 Å². The van der Waals surface area contributed by atoms with Crippen LogP contribution in [0.15, 0.2) is 18.2 Å². The zero-order chi connectivity index (χ0) is 11.1. The van der Waals surface area contributed by atoms with E-state index in [1.54, 1.807) is 14.2 Å². The van der Waals surface area contributed by atoms with E-state index < -0.39 is 0 Å². The highest BCUT2D eigenvalue weighted by Crippen LogP contribution is 2.22. The summed E-state index contributed by atoms with van der Waals surface area (Å²) >= 11 is 0. The van der Waals surface area contributed by atoms with Crippen molar-refractivity contribution in [2.75, 3.05) is 27.4 Å². The summed E-state index contributed by atoms with van der Waals surface area (Å²) in [6, 6.07) is 5.66. The molecule has 1 aromatic rings. The summed E-state index contributed by atoms with van der Waals surface area (Å²) in [5.74, 6) is 1.53. The van der Waals surface area contributed by atoms with Crippen LogP contribution in [0.2, 0.25) is 0 Å². The van der Waals surface area contributed by atoms with Crippen LogP contribution in [0.25, 0.3) is 0 Å². The zero-order valence-corrected chi connectivity index (χ0v) is 9.16. The highest BCUT2D eigenvalue weighted by molar-refractivity contribution is 5.38. The lowest BCUT2D eigenvalue weighted by molar-refractivity contribution is 0.128. The number of rotatable bonds is 6. The molecule has 0 radical (unpaired) electrons. The Morgan fingerprint density at radius 2 is 1.67 bits per heavy atom. The molecule has 0 aromatic heterocycles. The van der Waals surface area contributed by atoms with Crippen LogP contribution < -0.4 is 15.2 Å². The molecule has 0 saturated carbocycles. The number of ether oxygens (including phenoxy) is 3. The molecule has 15 heavy (non-hydrogen) atoms. The fourth-order valence-corrected chi connectivity index (χ4v) is 1.22. The van der Waals surface area contributed by atoms with Crippen molar-refractivity contribution >= 4 is 0 Å². The molecule has 0 saturated heterocycles. The molecule has 0 fully saturated rings. The van der Waals surface area contributed by atoms with Crippen LogP contribution >= 0.6 is 0 Å². The van der Waals surface area contributed by atoms with Crippen LogP contribution in [0.1, 0.15) is 5.56 Å². The van der Waals surface area contributed by atoms with Crippen molar-refractivity contribution < 1.29 is 14.2 Å². The fourth-order valence-electron chi connectivity index (χ4n) is 1.22. The molecule has 0 atom stereocenters. The van der Waals surface area contributed by atoms with Gasteiger partial charge in [0.05, 0.1) is 27.4 Å². The van der Waals surface area contributed by atoms with E-state index in [4.69, 9.17) is 19.9 Å². The van der Waals surface area contributed by atoms with Crippen molar-refractivity contribution in [3.63, 3.8) is 0 Å². The van der Waals surface area contributed by atoms with Gasteiger partial charge in [-0.1, -0.05) is 0 Å². The average molecular weight is 211 g/mol. The van der Waals surface area contributed by atoms with Crippen LogP contribution in [-0.4, -0.2) is 27.4 Å². The largest absolute Gasteiger partial charge is 0.497 e. The van der Waals surface area contributed by atoms with Crippen LogP contribution in [0, 0.1) is 0 Å². The summed E-state index contributed by atoms with van der Waals surface area (Å²) in [4.78, 5) is 0. The normalized spacial score (nSPS) is 10.1. The molecule has 0 unspecified atom stereocenters. The van der Waals surface area contributed by atoms with Crippen LogP contribution in [-0.2, 0) is 11.3 Å². The maximum Gasteiger partial charge on any atom is 0.122 e. The summed E-state index contributed by atoms with van der Waals surface area (Å²) < 4.78 is 15.6. The van der Waals surface area contributed by atoms with Crippen LogP contribution in [0.4, 0.5) is 0 Å². The summed E-state index contributed by atoms with van der Waals surface area (Å²) in [5, 5.41) is 0. The fraction of sp³-hybridized carbons (Fsp3) is 0.455. The number of hydrogen-bond donors (Lipinski definition) is 1. The average Bonchev–Trinajstić information content (AvgIpc) is 2.29. The topological polar surface area (TPSA) is 53.7 Å². The second-order valence-corrected chi connectivity index (χ2v) is 3.06. The third-order valence-corrected chi connectivity index (χ3v) is 1.94. The molecule has 0 bridgehead atoms. The van der Waals surface area contributed by atoms with Crippen molar-refractivity contribution in [2.45, 2.75) is 6.61 Å². The smallest absolute Gasteiger partial charge is 0.122 e. The summed E-state index contributed by atoms with van der Waals surface area (Å²) in [6.45, 7) is 1.60. The van der Waals surface area contributed by atoms with Gasteiger partial charge in [-0.15, -0.1) is 0 Å². The molecular weight excluding hydrogens is 194 g/mol. The van der Waals surface area contributed by atoms with Gasteiger partial charge < -0.3 is 19.9 Å². The van der Waals surface area contributed by atoms with E-state index in [0.717, 1.165) is 17.1 Å². The van der Waals surface area contributed by atoms with E-state index in [9.17, 15) is 0 Å². The lowest BCUT2D eigenvalue weighted by Crippen LogP contribution is -2.08. The first kappa shape index (κ1) is 11.8.